The molecular formula is C19H19N3O4S. The number of carbonyl (C=O) groups excluding carboxylic acids is 1. The number of aryl methyl sites for hydroxylation is 2. The van der Waals surface area contributed by atoms with Crippen molar-refractivity contribution < 1.29 is 14.3 Å². The fourth-order valence-corrected chi connectivity index (χ4v) is 4.14. The zero-order valence-corrected chi connectivity index (χ0v) is 16.1. The number of fused-ring (bicyclic) bond motifs is 2. The molecule has 7 nitrogen and oxygen atoms in total. The SMILES string of the molecule is Cc1c(C(=O)NC(C)c2ccc3c(c2)OCCO3)sc2ncn(C)c(=O)c12. The summed E-state index contributed by atoms with van der Waals surface area (Å²) in [5.41, 5.74) is 1.43. The highest BCUT2D eigenvalue weighted by molar-refractivity contribution is 7.20. The van der Waals surface area contributed by atoms with Crippen LogP contribution in [0.2, 0.25) is 0 Å². The Labute approximate surface area is 159 Å². The lowest BCUT2D eigenvalue weighted by Crippen LogP contribution is -2.26. The summed E-state index contributed by atoms with van der Waals surface area (Å²) in [6, 6.07) is 5.42. The van der Waals surface area contributed by atoms with Crippen molar-refractivity contribution >= 4 is 27.5 Å². The molecule has 1 aliphatic rings. The first kappa shape index (κ1) is 17.5. The molecule has 2 aromatic heterocycles. The number of amides is 1. The van der Waals surface area contributed by atoms with Crippen LogP contribution in [0.25, 0.3) is 10.2 Å². The van der Waals surface area contributed by atoms with Gasteiger partial charge in [-0.25, -0.2) is 4.98 Å². The van der Waals surface area contributed by atoms with Crippen molar-refractivity contribution in [2.24, 2.45) is 7.05 Å². The zero-order valence-electron chi connectivity index (χ0n) is 15.2. The maximum absolute atomic E-state index is 12.8. The molecule has 0 aliphatic carbocycles. The highest BCUT2D eigenvalue weighted by Gasteiger charge is 2.21. The van der Waals surface area contributed by atoms with E-state index in [0.29, 0.717) is 45.4 Å². The van der Waals surface area contributed by atoms with Crippen LogP contribution in [0.5, 0.6) is 11.5 Å². The molecule has 140 valence electrons. The Morgan fingerprint density at radius 2 is 2.04 bits per heavy atom. The predicted molar refractivity (Wildman–Crippen MR) is 103 cm³/mol. The third kappa shape index (κ3) is 3.06. The Kier molecular flexibility index (Phi) is 4.35. The maximum atomic E-state index is 12.8. The van der Waals surface area contributed by atoms with E-state index in [4.69, 9.17) is 9.47 Å². The van der Waals surface area contributed by atoms with Gasteiger partial charge in [-0.05, 0) is 37.1 Å². The molecule has 4 rings (SSSR count). The Hall–Kier alpha value is -2.87. The Bertz CT molecular complexity index is 1100. The molecule has 1 unspecified atom stereocenters. The van der Waals surface area contributed by atoms with Gasteiger partial charge >= 0.3 is 0 Å². The van der Waals surface area contributed by atoms with Crippen molar-refractivity contribution in [3.63, 3.8) is 0 Å². The van der Waals surface area contributed by atoms with Crippen molar-refractivity contribution in [1.82, 2.24) is 14.9 Å². The van der Waals surface area contributed by atoms with Gasteiger partial charge in [0, 0.05) is 7.05 Å². The average molecular weight is 385 g/mol. The Morgan fingerprint density at radius 1 is 1.30 bits per heavy atom. The van der Waals surface area contributed by atoms with Crippen molar-refractivity contribution in [3.05, 3.63) is 50.9 Å². The summed E-state index contributed by atoms with van der Waals surface area (Å²) < 4.78 is 12.6. The van der Waals surface area contributed by atoms with E-state index >= 15 is 0 Å². The van der Waals surface area contributed by atoms with E-state index in [-0.39, 0.29) is 17.5 Å². The highest BCUT2D eigenvalue weighted by Crippen LogP contribution is 2.33. The monoisotopic (exact) mass is 385 g/mol. The topological polar surface area (TPSA) is 82.4 Å². The first-order chi connectivity index (χ1) is 13.0. The molecule has 8 heteroatoms. The van der Waals surface area contributed by atoms with Gasteiger partial charge in [0.15, 0.2) is 11.5 Å². The van der Waals surface area contributed by atoms with Gasteiger partial charge < -0.3 is 19.4 Å². The molecule has 0 bridgehead atoms. The van der Waals surface area contributed by atoms with Crippen LogP contribution in [0, 0.1) is 6.92 Å². The summed E-state index contributed by atoms with van der Waals surface area (Å²) in [7, 11) is 1.65. The van der Waals surface area contributed by atoms with Gasteiger partial charge in [0.05, 0.1) is 22.6 Å². The lowest BCUT2D eigenvalue weighted by molar-refractivity contribution is 0.0943. The van der Waals surface area contributed by atoms with Crippen molar-refractivity contribution in [2.45, 2.75) is 19.9 Å². The molecule has 1 amide bonds. The van der Waals surface area contributed by atoms with Crippen LogP contribution in [-0.2, 0) is 7.05 Å². The second kappa shape index (κ2) is 6.70. The molecule has 3 heterocycles. The van der Waals surface area contributed by atoms with Gasteiger partial charge in [0.2, 0.25) is 0 Å². The molecule has 0 radical (unpaired) electrons. The van der Waals surface area contributed by atoms with E-state index in [1.807, 2.05) is 25.1 Å². The minimum absolute atomic E-state index is 0.146. The van der Waals surface area contributed by atoms with Gasteiger partial charge in [-0.15, -0.1) is 11.3 Å². The number of nitrogens with zero attached hydrogens (tertiary/aromatic N) is 2. The van der Waals surface area contributed by atoms with E-state index in [9.17, 15) is 9.59 Å². The summed E-state index contributed by atoms with van der Waals surface area (Å²) in [5.74, 6) is 1.18. The van der Waals surface area contributed by atoms with Crippen LogP contribution in [-0.4, -0.2) is 28.7 Å². The summed E-state index contributed by atoms with van der Waals surface area (Å²) in [6.07, 6.45) is 1.47. The van der Waals surface area contributed by atoms with Gasteiger partial charge in [-0.2, -0.15) is 0 Å². The second-order valence-electron chi connectivity index (χ2n) is 6.50. The van der Waals surface area contributed by atoms with Gasteiger partial charge in [-0.3, -0.25) is 9.59 Å². The minimum atomic E-state index is -0.228. The van der Waals surface area contributed by atoms with Crippen molar-refractivity contribution in [2.75, 3.05) is 13.2 Å². The van der Waals surface area contributed by atoms with Crippen LogP contribution in [0.4, 0.5) is 0 Å². The molecule has 1 N–H and O–H groups in total. The van der Waals surface area contributed by atoms with Crippen LogP contribution in [0.1, 0.15) is 33.8 Å². The van der Waals surface area contributed by atoms with Crippen molar-refractivity contribution in [3.8, 4) is 11.5 Å². The number of hydrogen-bond acceptors (Lipinski definition) is 6. The normalized spacial score (nSPS) is 14.2. The quantitative estimate of drug-likeness (QED) is 0.749. The summed E-state index contributed by atoms with van der Waals surface area (Å²) in [6.45, 7) is 4.74. The zero-order chi connectivity index (χ0) is 19.1. The summed E-state index contributed by atoms with van der Waals surface area (Å²) in [5, 5.41) is 3.50. The predicted octanol–water partition coefficient (Wildman–Crippen LogP) is 2.57. The smallest absolute Gasteiger partial charge is 0.262 e. The number of carbonyl (C=O) groups is 1. The fourth-order valence-electron chi connectivity index (χ4n) is 3.10. The molecule has 3 aromatic rings. The molecule has 0 saturated carbocycles. The summed E-state index contributed by atoms with van der Waals surface area (Å²) >= 11 is 1.23. The molecular weight excluding hydrogens is 366 g/mol. The van der Waals surface area contributed by atoms with Gasteiger partial charge in [-0.1, -0.05) is 6.07 Å². The van der Waals surface area contributed by atoms with E-state index < -0.39 is 0 Å². The standard InChI is InChI=1S/C19H19N3O4S/c1-10-15-18(20-9-22(3)19(15)24)27-16(10)17(23)21-11(2)12-4-5-13-14(8-12)26-7-6-25-13/h4-5,8-9,11H,6-7H2,1-3H3,(H,21,23). The third-order valence-corrected chi connectivity index (χ3v) is 5.83. The molecule has 0 fully saturated rings. The molecule has 1 aromatic carbocycles. The van der Waals surface area contributed by atoms with Crippen LogP contribution in [0.15, 0.2) is 29.3 Å². The number of rotatable bonds is 3. The van der Waals surface area contributed by atoms with Gasteiger partial charge in [0.1, 0.15) is 18.0 Å². The summed E-state index contributed by atoms with van der Waals surface area (Å²) in [4.78, 5) is 30.5. The number of benzene rings is 1. The fraction of sp³-hybridized carbons (Fsp3) is 0.316. The lowest BCUT2D eigenvalue weighted by Gasteiger charge is -2.21. The first-order valence-electron chi connectivity index (χ1n) is 8.61. The first-order valence-corrected chi connectivity index (χ1v) is 9.42. The number of thiophene rings is 1. The van der Waals surface area contributed by atoms with E-state index in [1.54, 1.807) is 14.0 Å². The van der Waals surface area contributed by atoms with Crippen molar-refractivity contribution in [1.29, 1.82) is 0 Å². The lowest BCUT2D eigenvalue weighted by atomic mass is 10.1. The molecule has 0 saturated heterocycles. The maximum Gasteiger partial charge on any atom is 0.262 e. The number of aromatic nitrogens is 2. The van der Waals surface area contributed by atoms with Crippen LogP contribution < -0.4 is 20.3 Å². The van der Waals surface area contributed by atoms with Crippen LogP contribution >= 0.6 is 11.3 Å². The number of nitrogens with one attached hydrogen (secondary N) is 1. The van der Waals surface area contributed by atoms with E-state index in [0.717, 1.165) is 5.56 Å². The van der Waals surface area contributed by atoms with Gasteiger partial charge in [0.25, 0.3) is 11.5 Å². The number of hydrogen-bond donors (Lipinski definition) is 1. The average Bonchev–Trinajstić information content (AvgIpc) is 3.01. The van der Waals surface area contributed by atoms with Crippen LogP contribution in [0.3, 0.4) is 0 Å². The minimum Gasteiger partial charge on any atom is -0.486 e. The Morgan fingerprint density at radius 3 is 2.81 bits per heavy atom. The van der Waals surface area contributed by atoms with E-state index in [2.05, 4.69) is 10.3 Å². The molecule has 1 aliphatic heterocycles. The number of ether oxygens (including phenoxy) is 2. The third-order valence-electron chi connectivity index (χ3n) is 4.63. The van der Waals surface area contributed by atoms with E-state index in [1.165, 1.54) is 22.2 Å². The molecule has 1 atom stereocenters. The largest absolute Gasteiger partial charge is 0.486 e. The molecule has 0 spiro atoms. The molecule has 27 heavy (non-hydrogen) atoms. The Balaban J connectivity index is 1.61. The highest BCUT2D eigenvalue weighted by atomic mass is 32.1. The second-order valence-corrected chi connectivity index (χ2v) is 7.49.